The Labute approximate surface area is 74.2 Å². The molecule has 12 heavy (non-hydrogen) atoms. The molecule has 0 spiro atoms. The second-order valence-corrected chi connectivity index (χ2v) is 3.65. The van der Waals surface area contributed by atoms with Gasteiger partial charge in [-0.25, -0.2) is 4.79 Å². The first-order valence-corrected chi connectivity index (χ1v) is 4.37. The zero-order chi connectivity index (χ0) is 9.19. The summed E-state index contributed by atoms with van der Waals surface area (Å²) < 4.78 is 4.92. The maximum atomic E-state index is 10.4. The van der Waals surface area contributed by atoms with Gasteiger partial charge in [0.15, 0.2) is 6.10 Å². The van der Waals surface area contributed by atoms with Crippen molar-refractivity contribution in [2.45, 2.75) is 24.6 Å². The number of hydrogen-bond acceptors (Lipinski definition) is 4. The van der Waals surface area contributed by atoms with Crippen LogP contribution in [0.25, 0.3) is 0 Å². The van der Waals surface area contributed by atoms with Crippen LogP contribution in [-0.2, 0) is 9.53 Å². The average Bonchev–Trinajstić information content (AvgIpc) is 2.35. The number of carboxylic acid groups (broad SMARTS) is 1. The highest BCUT2D eigenvalue weighted by atomic mass is 32.2. The minimum absolute atomic E-state index is 0.329. The number of hydrogen-bond donors (Lipinski definition) is 2. The third-order valence-corrected chi connectivity index (χ3v) is 2.39. The van der Waals surface area contributed by atoms with Crippen molar-refractivity contribution in [3.63, 3.8) is 0 Å². The topological polar surface area (TPSA) is 66.8 Å². The van der Waals surface area contributed by atoms with Crippen molar-refractivity contribution in [2.75, 3.05) is 0 Å². The second kappa shape index (κ2) is 3.47. The molecule has 1 rings (SSSR count). The molecule has 2 atom stereocenters. The number of ether oxygens (including phenoxy) is 1. The molecule has 0 radical (unpaired) electrons. The Hall–Kier alpha value is -0.520. The van der Waals surface area contributed by atoms with Gasteiger partial charge in [-0.15, -0.1) is 0 Å². The molecule has 1 aliphatic heterocycles. The molecular weight excluding hydrogens is 180 g/mol. The van der Waals surface area contributed by atoms with Crippen LogP contribution in [0.4, 0.5) is 0 Å². The standard InChI is InChI=1S/C7H10O4S/c1-5(6(8)9)11-7(10)3-2-4-12-7/h2,4-5,10H,3H2,1H3,(H,8,9). The molecule has 0 amide bonds. The van der Waals surface area contributed by atoms with Crippen LogP contribution in [0.1, 0.15) is 13.3 Å². The summed E-state index contributed by atoms with van der Waals surface area (Å²) in [6, 6.07) is 0. The third-order valence-electron chi connectivity index (χ3n) is 1.43. The van der Waals surface area contributed by atoms with Gasteiger partial charge in [0.2, 0.25) is 5.12 Å². The molecule has 1 heterocycles. The van der Waals surface area contributed by atoms with Crippen molar-refractivity contribution < 1.29 is 19.7 Å². The van der Waals surface area contributed by atoms with Crippen molar-refractivity contribution >= 4 is 17.7 Å². The molecule has 5 heteroatoms. The Morgan fingerprint density at radius 2 is 2.50 bits per heavy atom. The molecule has 0 fully saturated rings. The van der Waals surface area contributed by atoms with E-state index in [1.54, 1.807) is 11.5 Å². The Morgan fingerprint density at radius 1 is 1.83 bits per heavy atom. The first-order chi connectivity index (χ1) is 5.53. The van der Waals surface area contributed by atoms with E-state index in [0.29, 0.717) is 6.42 Å². The Morgan fingerprint density at radius 3 is 2.92 bits per heavy atom. The van der Waals surface area contributed by atoms with Crippen molar-refractivity contribution in [3.8, 4) is 0 Å². The van der Waals surface area contributed by atoms with Gasteiger partial charge in [0.05, 0.1) is 0 Å². The van der Waals surface area contributed by atoms with E-state index in [1.165, 1.54) is 6.92 Å². The van der Waals surface area contributed by atoms with Crippen LogP contribution in [-0.4, -0.2) is 27.4 Å². The molecule has 0 saturated heterocycles. The van der Waals surface area contributed by atoms with Gasteiger partial charge in [0, 0.05) is 6.42 Å². The summed E-state index contributed by atoms with van der Waals surface area (Å²) in [7, 11) is 0. The lowest BCUT2D eigenvalue weighted by atomic mass is 10.4. The number of thioether (sulfide) groups is 1. The number of carbonyl (C=O) groups is 1. The predicted molar refractivity (Wildman–Crippen MR) is 44.5 cm³/mol. The molecule has 68 valence electrons. The molecule has 0 bridgehead atoms. The Bertz CT molecular complexity index is 205. The summed E-state index contributed by atoms with van der Waals surface area (Å²) in [6.07, 6.45) is 1.08. The van der Waals surface area contributed by atoms with E-state index in [2.05, 4.69) is 0 Å². The van der Waals surface area contributed by atoms with Gasteiger partial charge in [-0.05, 0) is 12.3 Å². The van der Waals surface area contributed by atoms with Crippen LogP contribution >= 0.6 is 11.8 Å². The highest BCUT2D eigenvalue weighted by molar-refractivity contribution is 8.03. The molecule has 0 saturated carbocycles. The lowest BCUT2D eigenvalue weighted by Crippen LogP contribution is -2.33. The zero-order valence-corrected chi connectivity index (χ0v) is 7.37. The van der Waals surface area contributed by atoms with Gasteiger partial charge in [-0.2, -0.15) is 0 Å². The van der Waals surface area contributed by atoms with Gasteiger partial charge >= 0.3 is 5.97 Å². The van der Waals surface area contributed by atoms with E-state index in [1.807, 2.05) is 0 Å². The van der Waals surface area contributed by atoms with Crippen LogP contribution in [0, 0.1) is 0 Å². The van der Waals surface area contributed by atoms with Crippen LogP contribution in [0.15, 0.2) is 11.5 Å². The average molecular weight is 190 g/mol. The van der Waals surface area contributed by atoms with Crippen molar-refractivity contribution in [1.29, 1.82) is 0 Å². The van der Waals surface area contributed by atoms with Gasteiger partial charge in [0.1, 0.15) is 0 Å². The lowest BCUT2D eigenvalue weighted by Gasteiger charge is -2.23. The summed E-state index contributed by atoms with van der Waals surface area (Å²) >= 11 is 1.08. The fourth-order valence-corrected chi connectivity index (χ4v) is 1.60. The minimum Gasteiger partial charge on any atom is -0.479 e. The second-order valence-electron chi connectivity index (χ2n) is 2.50. The van der Waals surface area contributed by atoms with E-state index >= 15 is 0 Å². The van der Waals surface area contributed by atoms with E-state index in [4.69, 9.17) is 9.84 Å². The first-order valence-electron chi connectivity index (χ1n) is 3.49. The van der Waals surface area contributed by atoms with Crippen molar-refractivity contribution in [2.24, 2.45) is 0 Å². The number of carboxylic acids is 1. The van der Waals surface area contributed by atoms with Crippen molar-refractivity contribution in [1.82, 2.24) is 0 Å². The summed E-state index contributed by atoms with van der Waals surface area (Å²) in [5.74, 6) is -1.07. The molecular formula is C7H10O4S. The molecule has 1 aliphatic rings. The maximum absolute atomic E-state index is 10.4. The van der Waals surface area contributed by atoms with E-state index in [-0.39, 0.29) is 0 Å². The molecule has 2 N–H and O–H groups in total. The first kappa shape index (κ1) is 9.57. The van der Waals surface area contributed by atoms with Gasteiger partial charge in [-0.3, -0.25) is 0 Å². The minimum atomic E-state index is -1.38. The van der Waals surface area contributed by atoms with E-state index in [9.17, 15) is 9.90 Å². The smallest absolute Gasteiger partial charge is 0.332 e. The highest BCUT2D eigenvalue weighted by Gasteiger charge is 2.33. The third kappa shape index (κ3) is 2.23. The van der Waals surface area contributed by atoms with Gasteiger partial charge in [-0.1, -0.05) is 17.8 Å². The summed E-state index contributed by atoms with van der Waals surface area (Å²) in [6.45, 7) is 1.39. The van der Waals surface area contributed by atoms with Crippen molar-refractivity contribution in [3.05, 3.63) is 11.5 Å². The number of aliphatic hydroxyl groups is 1. The van der Waals surface area contributed by atoms with E-state index < -0.39 is 17.2 Å². The Kier molecular flexibility index (Phi) is 2.76. The monoisotopic (exact) mass is 190 g/mol. The van der Waals surface area contributed by atoms with Crippen LogP contribution < -0.4 is 0 Å². The summed E-state index contributed by atoms with van der Waals surface area (Å²) in [5.41, 5.74) is 0. The molecule has 0 aromatic carbocycles. The van der Waals surface area contributed by atoms with E-state index in [0.717, 1.165) is 11.8 Å². The molecule has 0 aliphatic carbocycles. The maximum Gasteiger partial charge on any atom is 0.332 e. The fourth-order valence-electron chi connectivity index (χ4n) is 0.802. The van der Waals surface area contributed by atoms with Crippen LogP contribution in [0.5, 0.6) is 0 Å². The molecule has 0 aromatic heterocycles. The highest BCUT2D eigenvalue weighted by Crippen LogP contribution is 2.35. The molecule has 4 nitrogen and oxygen atoms in total. The fraction of sp³-hybridized carbons (Fsp3) is 0.571. The SMILES string of the molecule is CC(OC1(O)CC=CS1)C(=O)O. The largest absolute Gasteiger partial charge is 0.479 e. The normalized spacial score (nSPS) is 30.5. The lowest BCUT2D eigenvalue weighted by molar-refractivity contribution is -0.182. The van der Waals surface area contributed by atoms with Gasteiger partial charge in [0.25, 0.3) is 0 Å². The van der Waals surface area contributed by atoms with Crippen LogP contribution in [0.2, 0.25) is 0 Å². The number of rotatable bonds is 3. The Balaban J connectivity index is 2.45. The van der Waals surface area contributed by atoms with Gasteiger partial charge < -0.3 is 14.9 Å². The number of aliphatic carboxylic acids is 1. The predicted octanol–water partition coefficient (Wildman–Crippen LogP) is 0.773. The quantitative estimate of drug-likeness (QED) is 0.643. The summed E-state index contributed by atoms with van der Waals surface area (Å²) in [5, 5.41) is 18.3. The van der Waals surface area contributed by atoms with Crippen LogP contribution in [0.3, 0.4) is 0 Å². The zero-order valence-electron chi connectivity index (χ0n) is 6.56. The summed E-state index contributed by atoms with van der Waals surface area (Å²) in [4.78, 5) is 10.4. The molecule has 0 aromatic rings. The molecule has 2 unspecified atom stereocenters.